The molecule has 0 atom stereocenters. The van der Waals surface area contributed by atoms with E-state index >= 15 is 0 Å². The largest absolute Gasteiger partial charge is 0.232 e. The first-order valence-corrected chi connectivity index (χ1v) is 12.9. The molecule has 0 fully saturated rings. The predicted molar refractivity (Wildman–Crippen MR) is 157 cm³/mol. The van der Waals surface area contributed by atoms with Gasteiger partial charge >= 0.3 is 0 Å². The topological polar surface area (TPSA) is 56.0 Å². The number of benzene rings is 5. The Morgan fingerprint density at radius 2 is 0.923 bits per heavy atom. The number of rotatable bonds is 3. The van der Waals surface area contributed by atoms with E-state index in [9.17, 15) is 0 Å². The van der Waals surface area contributed by atoms with Crippen LogP contribution in [0.5, 0.6) is 0 Å². The number of para-hydroxylation sites is 1. The highest BCUT2D eigenvalue weighted by Crippen LogP contribution is 2.29. The van der Waals surface area contributed by atoms with Gasteiger partial charge in [-0.3, -0.25) is 0 Å². The summed E-state index contributed by atoms with van der Waals surface area (Å²) in [6.07, 6.45) is 0. The normalized spacial score (nSPS) is 11.6. The molecule has 0 aliphatic carbocycles. The van der Waals surface area contributed by atoms with Crippen LogP contribution in [0.2, 0.25) is 0 Å². The smallest absolute Gasteiger partial charge is 0.184 e. The molecule has 182 valence electrons. The van der Waals surface area contributed by atoms with E-state index in [1.165, 1.54) is 10.8 Å². The molecule has 39 heavy (non-hydrogen) atoms. The Labute approximate surface area is 224 Å². The van der Waals surface area contributed by atoms with Crippen molar-refractivity contribution in [3.05, 3.63) is 127 Å². The summed E-state index contributed by atoms with van der Waals surface area (Å²) in [5, 5.41) is 10.7. The zero-order valence-electron chi connectivity index (χ0n) is 20.9. The maximum atomic E-state index is 4.96. The van der Waals surface area contributed by atoms with Gasteiger partial charge in [0, 0.05) is 16.5 Å². The van der Waals surface area contributed by atoms with Gasteiger partial charge in [0.1, 0.15) is 5.69 Å². The molecule has 0 saturated heterocycles. The lowest BCUT2D eigenvalue weighted by molar-refractivity contribution is 0.984. The average molecular weight is 500 g/mol. The number of fused-ring (bicyclic) bond motifs is 5. The Bertz CT molecular complexity index is 2100. The molecule has 3 heterocycles. The van der Waals surface area contributed by atoms with Gasteiger partial charge in [-0.05, 0) is 51.9 Å². The van der Waals surface area contributed by atoms with Crippen molar-refractivity contribution >= 4 is 38.0 Å². The summed E-state index contributed by atoms with van der Waals surface area (Å²) in [4.78, 5) is 14.9. The van der Waals surface area contributed by atoms with E-state index in [1.54, 1.807) is 0 Å². The molecule has 0 radical (unpaired) electrons. The van der Waals surface area contributed by atoms with E-state index in [4.69, 9.17) is 20.1 Å². The van der Waals surface area contributed by atoms with Crippen molar-refractivity contribution in [3.8, 4) is 34.3 Å². The second-order valence-electron chi connectivity index (χ2n) is 9.69. The Morgan fingerprint density at radius 3 is 1.56 bits per heavy atom. The van der Waals surface area contributed by atoms with Gasteiger partial charge in [0.2, 0.25) is 0 Å². The molecular formula is C34H21N5. The molecule has 0 bridgehead atoms. The molecule has 0 N–H and O–H groups in total. The number of aromatic nitrogens is 5. The van der Waals surface area contributed by atoms with Gasteiger partial charge in [-0.25, -0.2) is 19.5 Å². The van der Waals surface area contributed by atoms with E-state index in [0.717, 1.165) is 38.3 Å². The highest BCUT2D eigenvalue weighted by Gasteiger charge is 2.16. The van der Waals surface area contributed by atoms with E-state index < -0.39 is 0 Å². The molecule has 3 aromatic heterocycles. The van der Waals surface area contributed by atoms with Crippen molar-refractivity contribution in [2.24, 2.45) is 0 Å². The number of pyridine rings is 1. The van der Waals surface area contributed by atoms with Crippen LogP contribution < -0.4 is 0 Å². The molecule has 0 unspecified atom stereocenters. The highest BCUT2D eigenvalue weighted by molar-refractivity contribution is 5.88. The highest BCUT2D eigenvalue weighted by atomic mass is 15.2. The average Bonchev–Trinajstić information content (AvgIpc) is 3.46. The first-order valence-electron chi connectivity index (χ1n) is 12.9. The molecule has 0 aliphatic rings. The van der Waals surface area contributed by atoms with Crippen molar-refractivity contribution in [2.45, 2.75) is 0 Å². The summed E-state index contributed by atoms with van der Waals surface area (Å²) in [7, 11) is 0. The molecule has 8 aromatic rings. The minimum Gasteiger partial charge on any atom is -0.232 e. The fourth-order valence-electron chi connectivity index (χ4n) is 5.22. The van der Waals surface area contributed by atoms with E-state index in [-0.39, 0.29) is 0 Å². The Kier molecular flexibility index (Phi) is 4.76. The quantitative estimate of drug-likeness (QED) is 0.247. The summed E-state index contributed by atoms with van der Waals surface area (Å²) in [5.74, 6) is 1.79. The number of hydrogen-bond donors (Lipinski definition) is 0. The second-order valence-corrected chi connectivity index (χ2v) is 9.69. The molecule has 8 rings (SSSR count). The van der Waals surface area contributed by atoms with Gasteiger partial charge in [0.25, 0.3) is 0 Å². The fourth-order valence-corrected chi connectivity index (χ4v) is 5.22. The van der Waals surface area contributed by atoms with E-state index in [2.05, 4.69) is 84.9 Å². The third-order valence-electron chi connectivity index (χ3n) is 7.22. The lowest BCUT2D eigenvalue weighted by atomic mass is 10.1. The zero-order chi connectivity index (χ0) is 25.8. The van der Waals surface area contributed by atoms with Gasteiger partial charge < -0.3 is 0 Å². The molecule has 0 saturated carbocycles. The van der Waals surface area contributed by atoms with Crippen LogP contribution in [0.25, 0.3) is 72.3 Å². The van der Waals surface area contributed by atoms with Crippen LogP contribution in [0.4, 0.5) is 0 Å². The molecule has 0 amide bonds. The van der Waals surface area contributed by atoms with Crippen LogP contribution in [0.15, 0.2) is 127 Å². The first-order chi connectivity index (χ1) is 19.3. The fraction of sp³-hybridized carbons (Fsp3) is 0. The maximum absolute atomic E-state index is 4.96. The molecule has 5 heteroatoms. The summed E-state index contributed by atoms with van der Waals surface area (Å²) < 4.78 is 1.96. The van der Waals surface area contributed by atoms with Crippen molar-refractivity contribution in [2.75, 3.05) is 0 Å². The summed E-state index contributed by atoms with van der Waals surface area (Å²) in [5.41, 5.74) is 4.61. The molecule has 0 aliphatic heterocycles. The zero-order valence-corrected chi connectivity index (χ0v) is 20.9. The standard InChI is InChI=1S/C34H21N5/c1-3-10-25-19-27(15-13-22(25)7-1)32-35-33(28-16-14-23-8-2-4-11-26(23)20-28)37-34(36-32)30-21-29-18-17-24-9-5-6-12-31(24)39(29)38-30/h1-21H. The van der Waals surface area contributed by atoms with Crippen molar-refractivity contribution in [3.63, 3.8) is 0 Å². The minimum absolute atomic E-state index is 0.545. The number of nitrogens with zero attached hydrogens (tertiary/aromatic N) is 5. The predicted octanol–water partition coefficient (Wildman–Crippen LogP) is 7.98. The van der Waals surface area contributed by atoms with Gasteiger partial charge in [0.05, 0.1) is 11.0 Å². The van der Waals surface area contributed by atoms with Crippen molar-refractivity contribution < 1.29 is 0 Å². The Morgan fingerprint density at radius 1 is 0.410 bits per heavy atom. The second kappa shape index (κ2) is 8.57. The summed E-state index contributed by atoms with van der Waals surface area (Å²) in [6.45, 7) is 0. The molecule has 5 aromatic carbocycles. The van der Waals surface area contributed by atoms with Gasteiger partial charge in [-0.1, -0.05) is 97.1 Å². The third kappa shape index (κ3) is 3.71. The van der Waals surface area contributed by atoms with Crippen molar-refractivity contribution in [1.82, 2.24) is 24.6 Å². The van der Waals surface area contributed by atoms with Crippen LogP contribution in [-0.4, -0.2) is 24.6 Å². The lowest BCUT2D eigenvalue weighted by Gasteiger charge is -2.08. The minimum atomic E-state index is 0.545. The van der Waals surface area contributed by atoms with Crippen LogP contribution >= 0.6 is 0 Å². The Hall–Kier alpha value is -5.42. The summed E-state index contributed by atoms with van der Waals surface area (Å²) in [6, 6.07) is 43.7. The lowest BCUT2D eigenvalue weighted by Crippen LogP contribution is -2.01. The van der Waals surface area contributed by atoms with Gasteiger partial charge in [-0.15, -0.1) is 0 Å². The maximum Gasteiger partial charge on any atom is 0.184 e. The SMILES string of the molecule is c1ccc2cc(-c3nc(-c4ccc5ccccc5c4)nc(-c4cc5ccc6ccccc6n5n4)n3)ccc2c1. The molecule has 5 nitrogen and oxygen atoms in total. The summed E-state index contributed by atoms with van der Waals surface area (Å²) >= 11 is 0. The third-order valence-corrected chi connectivity index (χ3v) is 7.22. The first kappa shape index (κ1) is 21.6. The monoisotopic (exact) mass is 499 g/mol. The van der Waals surface area contributed by atoms with Crippen LogP contribution in [0.1, 0.15) is 0 Å². The Balaban J connectivity index is 1.36. The molecular weight excluding hydrogens is 478 g/mol. The van der Waals surface area contributed by atoms with Gasteiger partial charge in [-0.2, -0.15) is 5.10 Å². The molecule has 0 spiro atoms. The number of hydrogen-bond acceptors (Lipinski definition) is 4. The van der Waals surface area contributed by atoms with E-state index in [0.29, 0.717) is 23.2 Å². The van der Waals surface area contributed by atoms with Crippen LogP contribution in [0.3, 0.4) is 0 Å². The van der Waals surface area contributed by atoms with Gasteiger partial charge in [0.15, 0.2) is 17.5 Å². The van der Waals surface area contributed by atoms with Crippen molar-refractivity contribution in [1.29, 1.82) is 0 Å². The van der Waals surface area contributed by atoms with Crippen LogP contribution in [-0.2, 0) is 0 Å². The van der Waals surface area contributed by atoms with Crippen LogP contribution in [0, 0.1) is 0 Å². The van der Waals surface area contributed by atoms with E-state index in [1.807, 2.05) is 47.0 Å².